The van der Waals surface area contributed by atoms with E-state index in [-0.39, 0.29) is 17.8 Å². The van der Waals surface area contributed by atoms with E-state index in [2.05, 4.69) is 13.8 Å². The number of fused-ring (bicyclic) bond motifs is 1. The van der Waals surface area contributed by atoms with Crippen molar-refractivity contribution in [1.82, 2.24) is 0 Å². The first-order valence-corrected chi connectivity index (χ1v) is 6.30. The van der Waals surface area contributed by atoms with Crippen LogP contribution in [0.4, 0.5) is 0 Å². The lowest BCUT2D eigenvalue weighted by atomic mass is 9.68. The zero-order chi connectivity index (χ0) is 13.3. The second-order valence-corrected chi connectivity index (χ2v) is 5.90. The van der Waals surface area contributed by atoms with Gasteiger partial charge in [-0.1, -0.05) is 19.9 Å². The van der Waals surface area contributed by atoms with Crippen LogP contribution >= 0.6 is 0 Å². The minimum Gasteiger partial charge on any atom is -0.497 e. The van der Waals surface area contributed by atoms with Crippen molar-refractivity contribution in [3.63, 3.8) is 0 Å². The Morgan fingerprint density at radius 1 is 1.50 bits per heavy atom. The Morgan fingerprint density at radius 2 is 2.22 bits per heavy atom. The molecule has 1 aliphatic carbocycles. The van der Waals surface area contributed by atoms with E-state index in [9.17, 15) is 4.79 Å². The molecule has 0 aliphatic heterocycles. The third-order valence-corrected chi connectivity index (χ3v) is 3.68. The normalized spacial score (nSPS) is 21.2. The Labute approximate surface area is 108 Å². The summed E-state index contributed by atoms with van der Waals surface area (Å²) in [6.07, 6.45) is 2.12. The maximum absolute atomic E-state index is 11.0. The molecule has 0 amide bonds. The number of aliphatic carboxylic acids is 1. The topological polar surface area (TPSA) is 46.5 Å². The van der Waals surface area contributed by atoms with Gasteiger partial charge in [-0.2, -0.15) is 0 Å². The minimum absolute atomic E-state index is 0.118. The molecule has 1 aliphatic rings. The maximum atomic E-state index is 11.0. The predicted molar refractivity (Wildman–Crippen MR) is 70.1 cm³/mol. The molecule has 0 saturated heterocycles. The quantitative estimate of drug-likeness (QED) is 0.893. The molecule has 0 saturated carbocycles. The SMILES string of the molecule is COc1ccc2c(c1)CC(C)(C)CC2CC(=O)O. The molecule has 1 atom stereocenters. The van der Waals surface area contributed by atoms with Gasteiger partial charge in [-0.3, -0.25) is 4.79 Å². The van der Waals surface area contributed by atoms with Crippen molar-refractivity contribution in [2.24, 2.45) is 5.41 Å². The summed E-state index contributed by atoms with van der Waals surface area (Å²) in [5.74, 6) is 0.243. The van der Waals surface area contributed by atoms with Crippen molar-refractivity contribution >= 4 is 5.97 Å². The van der Waals surface area contributed by atoms with Crippen LogP contribution in [0, 0.1) is 5.41 Å². The van der Waals surface area contributed by atoms with E-state index in [0.717, 1.165) is 18.6 Å². The van der Waals surface area contributed by atoms with Crippen molar-refractivity contribution < 1.29 is 14.6 Å². The molecule has 0 heterocycles. The highest BCUT2D eigenvalue weighted by atomic mass is 16.5. The van der Waals surface area contributed by atoms with Crippen molar-refractivity contribution in [2.75, 3.05) is 7.11 Å². The van der Waals surface area contributed by atoms with Crippen LogP contribution in [0.2, 0.25) is 0 Å². The van der Waals surface area contributed by atoms with Gasteiger partial charge >= 0.3 is 5.97 Å². The fraction of sp³-hybridized carbons (Fsp3) is 0.533. The van der Waals surface area contributed by atoms with Crippen molar-refractivity contribution in [3.05, 3.63) is 29.3 Å². The van der Waals surface area contributed by atoms with Crippen LogP contribution < -0.4 is 4.74 Å². The summed E-state index contributed by atoms with van der Waals surface area (Å²) in [6.45, 7) is 4.40. The Balaban J connectivity index is 2.39. The van der Waals surface area contributed by atoms with Crippen LogP contribution in [0.1, 0.15) is 43.7 Å². The molecule has 0 fully saturated rings. The van der Waals surface area contributed by atoms with Gasteiger partial charge < -0.3 is 9.84 Å². The molecule has 1 N–H and O–H groups in total. The number of hydrogen-bond acceptors (Lipinski definition) is 2. The second kappa shape index (κ2) is 4.63. The van der Waals surface area contributed by atoms with E-state index in [0.29, 0.717) is 0 Å². The highest BCUT2D eigenvalue weighted by molar-refractivity contribution is 5.68. The summed E-state index contributed by atoms with van der Waals surface area (Å²) in [7, 11) is 1.66. The lowest BCUT2D eigenvalue weighted by molar-refractivity contribution is -0.137. The highest BCUT2D eigenvalue weighted by Crippen LogP contribution is 2.44. The Bertz CT molecular complexity index is 463. The number of hydrogen-bond donors (Lipinski definition) is 1. The largest absolute Gasteiger partial charge is 0.497 e. The van der Waals surface area contributed by atoms with E-state index < -0.39 is 5.97 Å². The monoisotopic (exact) mass is 248 g/mol. The predicted octanol–water partition coefficient (Wildman–Crippen LogP) is 3.23. The van der Waals surface area contributed by atoms with E-state index in [1.807, 2.05) is 18.2 Å². The summed E-state index contributed by atoms with van der Waals surface area (Å²) >= 11 is 0. The molecule has 1 aromatic carbocycles. The molecule has 0 radical (unpaired) electrons. The fourth-order valence-electron chi connectivity index (χ4n) is 3.02. The third-order valence-electron chi connectivity index (χ3n) is 3.68. The van der Waals surface area contributed by atoms with Gasteiger partial charge in [0.1, 0.15) is 5.75 Å². The summed E-state index contributed by atoms with van der Waals surface area (Å²) < 4.78 is 5.25. The molecule has 0 bridgehead atoms. The Morgan fingerprint density at radius 3 is 2.83 bits per heavy atom. The first-order valence-electron chi connectivity index (χ1n) is 6.30. The number of carboxylic acids is 1. The van der Waals surface area contributed by atoms with Crippen molar-refractivity contribution in [1.29, 1.82) is 0 Å². The van der Waals surface area contributed by atoms with Crippen LogP contribution in [0.3, 0.4) is 0 Å². The fourth-order valence-corrected chi connectivity index (χ4v) is 3.02. The van der Waals surface area contributed by atoms with Gasteiger partial charge in [0.05, 0.1) is 13.5 Å². The van der Waals surface area contributed by atoms with Crippen molar-refractivity contribution in [3.8, 4) is 5.75 Å². The Hall–Kier alpha value is -1.51. The zero-order valence-electron chi connectivity index (χ0n) is 11.2. The molecule has 18 heavy (non-hydrogen) atoms. The number of ether oxygens (including phenoxy) is 1. The molecule has 3 heteroatoms. The van der Waals surface area contributed by atoms with Gasteiger partial charge in [-0.25, -0.2) is 0 Å². The third kappa shape index (κ3) is 2.66. The number of carboxylic acid groups (broad SMARTS) is 1. The average Bonchev–Trinajstić information content (AvgIpc) is 2.25. The van der Waals surface area contributed by atoms with Gasteiger partial charge in [-0.15, -0.1) is 0 Å². The summed E-state index contributed by atoms with van der Waals surface area (Å²) in [6, 6.07) is 5.99. The zero-order valence-corrected chi connectivity index (χ0v) is 11.2. The first-order chi connectivity index (χ1) is 8.41. The summed E-state index contributed by atoms with van der Waals surface area (Å²) in [4.78, 5) is 11.0. The molecular formula is C15H20O3. The first kappa shape index (κ1) is 12.9. The van der Waals surface area contributed by atoms with E-state index >= 15 is 0 Å². The second-order valence-electron chi connectivity index (χ2n) is 5.90. The molecule has 0 aromatic heterocycles. The maximum Gasteiger partial charge on any atom is 0.303 e. The van der Waals surface area contributed by atoms with Gasteiger partial charge in [-0.05, 0) is 47.4 Å². The summed E-state index contributed by atoms with van der Waals surface area (Å²) in [5.41, 5.74) is 2.56. The van der Waals surface area contributed by atoms with Gasteiger partial charge in [0, 0.05) is 0 Å². The molecule has 98 valence electrons. The smallest absolute Gasteiger partial charge is 0.303 e. The molecule has 1 unspecified atom stereocenters. The molecule has 1 aromatic rings. The van der Waals surface area contributed by atoms with Crippen LogP contribution in [0.5, 0.6) is 5.75 Å². The van der Waals surface area contributed by atoms with Crippen LogP contribution in [0.25, 0.3) is 0 Å². The molecule has 0 spiro atoms. The standard InChI is InChI=1S/C15H20O3/c1-15(2)8-10-6-12(18-3)4-5-13(10)11(9-15)7-14(16)17/h4-6,11H,7-9H2,1-3H3,(H,16,17). The average molecular weight is 248 g/mol. The van der Waals surface area contributed by atoms with Crippen LogP contribution in [-0.4, -0.2) is 18.2 Å². The number of rotatable bonds is 3. The summed E-state index contributed by atoms with van der Waals surface area (Å²) in [5, 5.41) is 9.04. The van der Waals surface area contributed by atoms with E-state index in [4.69, 9.17) is 9.84 Å². The Kier molecular flexibility index (Phi) is 3.33. The number of benzene rings is 1. The molecular weight excluding hydrogens is 228 g/mol. The van der Waals surface area contributed by atoms with Gasteiger partial charge in [0.25, 0.3) is 0 Å². The number of carbonyl (C=O) groups is 1. The van der Waals surface area contributed by atoms with Gasteiger partial charge in [0.2, 0.25) is 0 Å². The van der Waals surface area contributed by atoms with E-state index in [1.165, 1.54) is 11.1 Å². The molecule has 2 rings (SSSR count). The van der Waals surface area contributed by atoms with Crippen LogP contribution in [0.15, 0.2) is 18.2 Å². The van der Waals surface area contributed by atoms with Gasteiger partial charge in [0.15, 0.2) is 0 Å². The van der Waals surface area contributed by atoms with E-state index in [1.54, 1.807) is 7.11 Å². The number of methoxy groups -OCH3 is 1. The highest BCUT2D eigenvalue weighted by Gasteiger charge is 2.33. The molecule has 3 nitrogen and oxygen atoms in total. The lowest BCUT2D eigenvalue weighted by Crippen LogP contribution is -2.27. The van der Waals surface area contributed by atoms with Crippen LogP contribution in [-0.2, 0) is 11.2 Å². The minimum atomic E-state index is -0.723. The lowest BCUT2D eigenvalue weighted by Gasteiger charge is -2.36. The van der Waals surface area contributed by atoms with Crippen molar-refractivity contribution in [2.45, 2.75) is 39.0 Å².